The van der Waals surface area contributed by atoms with Gasteiger partial charge >= 0.3 is 0 Å². The van der Waals surface area contributed by atoms with Crippen LogP contribution in [-0.2, 0) is 17.8 Å². The number of thiophene rings is 1. The van der Waals surface area contributed by atoms with Gasteiger partial charge in [-0.2, -0.15) is 0 Å². The van der Waals surface area contributed by atoms with Crippen molar-refractivity contribution in [2.24, 2.45) is 0 Å². The van der Waals surface area contributed by atoms with Gasteiger partial charge in [-0.15, -0.1) is 11.3 Å². The number of carbonyl (C=O) groups is 1. The first kappa shape index (κ1) is 15.5. The molecule has 1 aromatic carbocycles. The zero-order chi connectivity index (χ0) is 15.9. The Morgan fingerprint density at radius 1 is 1.41 bits per heavy atom. The first-order valence-electron chi connectivity index (χ1n) is 7.33. The monoisotopic (exact) mass is 334 g/mol. The topological polar surface area (TPSA) is 32.3 Å². The largest absolute Gasteiger partial charge is 0.355 e. The van der Waals surface area contributed by atoms with Crippen LogP contribution in [0.4, 0.5) is 0 Å². The van der Waals surface area contributed by atoms with Crippen LogP contribution >= 0.6 is 22.9 Å². The molecule has 1 amide bonds. The Bertz CT molecular complexity index is 779. The molecule has 22 heavy (non-hydrogen) atoms. The number of nitrogens with zero attached hydrogens (tertiary/aromatic N) is 1. The molecule has 1 N–H and O–H groups in total. The first-order chi connectivity index (χ1) is 10.5. The quantitative estimate of drug-likeness (QED) is 0.849. The van der Waals surface area contributed by atoms with E-state index in [1.165, 1.54) is 21.2 Å². The van der Waals surface area contributed by atoms with Crippen LogP contribution in [0.25, 0.3) is 16.2 Å². The lowest BCUT2D eigenvalue weighted by molar-refractivity contribution is -0.116. The summed E-state index contributed by atoms with van der Waals surface area (Å²) in [7, 11) is 3.79. The highest BCUT2D eigenvalue weighted by atomic mass is 35.5. The third-order valence-corrected chi connectivity index (χ3v) is 5.64. The highest BCUT2D eigenvalue weighted by Crippen LogP contribution is 2.40. The molecule has 3 rings (SSSR count). The van der Waals surface area contributed by atoms with Crippen LogP contribution in [0.15, 0.2) is 17.7 Å². The van der Waals surface area contributed by atoms with Gasteiger partial charge in [0.15, 0.2) is 0 Å². The van der Waals surface area contributed by atoms with E-state index < -0.39 is 0 Å². The highest BCUT2D eigenvalue weighted by molar-refractivity contribution is 7.20. The summed E-state index contributed by atoms with van der Waals surface area (Å²) < 4.78 is 1.25. The maximum Gasteiger partial charge on any atom is 0.246 e. The Hall–Kier alpha value is -1.36. The van der Waals surface area contributed by atoms with Crippen LogP contribution in [0, 0.1) is 0 Å². The second-order valence-electron chi connectivity index (χ2n) is 5.74. The summed E-state index contributed by atoms with van der Waals surface area (Å²) in [4.78, 5) is 15.3. The predicted octanol–water partition coefficient (Wildman–Crippen LogP) is 3.69. The van der Waals surface area contributed by atoms with Gasteiger partial charge in [0, 0.05) is 45.7 Å². The average Bonchev–Trinajstić information content (AvgIpc) is 2.72. The molecule has 0 fully saturated rings. The van der Waals surface area contributed by atoms with Gasteiger partial charge in [0.25, 0.3) is 0 Å². The molecule has 0 saturated heterocycles. The minimum absolute atomic E-state index is 0.0371. The molecule has 1 aliphatic heterocycles. The number of rotatable bonds is 2. The number of likely N-dealkylation sites (N-methyl/N-ethyl adjacent to an activating group) is 2. The minimum Gasteiger partial charge on any atom is -0.355 e. The summed E-state index contributed by atoms with van der Waals surface area (Å²) >= 11 is 8.16. The second kappa shape index (κ2) is 6.03. The molecule has 1 aliphatic rings. The molecule has 1 aromatic heterocycles. The predicted molar refractivity (Wildman–Crippen MR) is 94.6 cm³/mol. The van der Waals surface area contributed by atoms with Crippen molar-refractivity contribution >= 4 is 45.0 Å². The van der Waals surface area contributed by atoms with Crippen molar-refractivity contribution in [1.29, 1.82) is 0 Å². The molecular weight excluding hydrogens is 316 g/mol. The van der Waals surface area contributed by atoms with Crippen molar-refractivity contribution in [2.45, 2.75) is 19.9 Å². The number of carbonyl (C=O) groups excluding carboxylic acids is 1. The van der Waals surface area contributed by atoms with E-state index >= 15 is 0 Å². The van der Waals surface area contributed by atoms with E-state index in [9.17, 15) is 4.79 Å². The van der Waals surface area contributed by atoms with E-state index in [0.29, 0.717) is 0 Å². The minimum atomic E-state index is -0.0371. The molecule has 0 radical (unpaired) electrons. The SMILES string of the molecule is CNC(=O)C(C)=Cc1sc2ccc(Cl)c3c2c1CN(C)CC3. The number of hydrogen-bond acceptors (Lipinski definition) is 3. The van der Waals surface area contributed by atoms with E-state index in [1.807, 2.05) is 19.1 Å². The number of hydrogen-bond donors (Lipinski definition) is 1. The molecule has 2 heterocycles. The van der Waals surface area contributed by atoms with Gasteiger partial charge in [-0.3, -0.25) is 4.79 Å². The zero-order valence-electron chi connectivity index (χ0n) is 13.0. The fraction of sp³-hybridized carbons (Fsp3) is 0.353. The van der Waals surface area contributed by atoms with Crippen molar-refractivity contribution in [3.63, 3.8) is 0 Å². The molecular formula is C17H19ClN2OS. The van der Waals surface area contributed by atoms with E-state index in [1.54, 1.807) is 18.4 Å². The van der Waals surface area contributed by atoms with Crippen LogP contribution in [0.1, 0.15) is 22.9 Å². The molecule has 116 valence electrons. The molecule has 3 nitrogen and oxygen atoms in total. The average molecular weight is 335 g/mol. The summed E-state index contributed by atoms with van der Waals surface area (Å²) in [5.74, 6) is -0.0371. The number of benzene rings is 1. The standard InChI is InChI=1S/C17H19ClN2OS/c1-10(17(21)19-2)8-15-12-9-20(3)7-6-11-13(18)4-5-14(22-15)16(11)12/h4-5,8H,6-7,9H2,1-3H3,(H,19,21). The van der Waals surface area contributed by atoms with Crippen molar-refractivity contribution < 1.29 is 4.79 Å². The molecule has 5 heteroatoms. The van der Waals surface area contributed by atoms with E-state index in [2.05, 4.69) is 23.3 Å². The lowest BCUT2D eigenvalue weighted by Crippen LogP contribution is -2.19. The van der Waals surface area contributed by atoms with Crippen LogP contribution in [-0.4, -0.2) is 31.4 Å². The van der Waals surface area contributed by atoms with Crippen LogP contribution < -0.4 is 5.32 Å². The molecule has 0 unspecified atom stereocenters. The third kappa shape index (κ3) is 2.67. The van der Waals surface area contributed by atoms with Crippen LogP contribution in [0.5, 0.6) is 0 Å². The highest BCUT2D eigenvalue weighted by Gasteiger charge is 2.21. The Labute approximate surface area is 139 Å². The fourth-order valence-corrected chi connectivity index (χ4v) is 4.45. The maximum atomic E-state index is 11.8. The molecule has 2 aromatic rings. The normalized spacial score (nSPS) is 15.9. The lowest BCUT2D eigenvalue weighted by atomic mass is 10.0. The number of halogens is 1. The third-order valence-electron chi connectivity index (χ3n) is 4.14. The van der Waals surface area contributed by atoms with E-state index in [4.69, 9.17) is 11.6 Å². The molecule has 0 atom stereocenters. The first-order valence-corrected chi connectivity index (χ1v) is 8.52. The summed E-state index contributed by atoms with van der Waals surface area (Å²) in [6.07, 6.45) is 2.96. The van der Waals surface area contributed by atoms with Gasteiger partial charge < -0.3 is 10.2 Å². The van der Waals surface area contributed by atoms with Crippen molar-refractivity contribution in [3.8, 4) is 0 Å². The summed E-state index contributed by atoms with van der Waals surface area (Å²) in [5.41, 5.74) is 3.26. The Balaban J connectivity index is 2.22. The lowest BCUT2D eigenvalue weighted by Gasteiger charge is -2.13. The molecule has 0 aliphatic carbocycles. The van der Waals surface area contributed by atoms with Crippen LogP contribution in [0.2, 0.25) is 5.02 Å². The molecule has 0 spiro atoms. The van der Waals surface area contributed by atoms with Crippen molar-refractivity contribution in [1.82, 2.24) is 10.2 Å². The smallest absolute Gasteiger partial charge is 0.246 e. The van der Waals surface area contributed by atoms with Gasteiger partial charge in [-0.25, -0.2) is 0 Å². The Kier molecular flexibility index (Phi) is 4.26. The van der Waals surface area contributed by atoms with E-state index in [0.717, 1.165) is 35.0 Å². The van der Waals surface area contributed by atoms with Crippen molar-refractivity contribution in [3.05, 3.63) is 38.7 Å². The summed E-state index contributed by atoms with van der Waals surface area (Å²) in [5, 5.41) is 4.81. The van der Waals surface area contributed by atoms with E-state index in [-0.39, 0.29) is 5.91 Å². The second-order valence-corrected chi connectivity index (χ2v) is 7.23. The Morgan fingerprint density at radius 3 is 2.91 bits per heavy atom. The van der Waals surface area contributed by atoms with Crippen LogP contribution in [0.3, 0.4) is 0 Å². The fourth-order valence-electron chi connectivity index (χ4n) is 2.95. The zero-order valence-corrected chi connectivity index (χ0v) is 14.6. The molecule has 0 saturated carbocycles. The summed E-state index contributed by atoms with van der Waals surface area (Å²) in [6, 6.07) is 4.08. The van der Waals surface area contributed by atoms with Gasteiger partial charge in [0.1, 0.15) is 0 Å². The van der Waals surface area contributed by atoms with Crippen molar-refractivity contribution in [2.75, 3.05) is 20.6 Å². The Morgan fingerprint density at radius 2 is 2.18 bits per heavy atom. The molecule has 0 bridgehead atoms. The number of nitrogens with one attached hydrogen (secondary N) is 1. The maximum absolute atomic E-state index is 11.8. The van der Waals surface area contributed by atoms with Gasteiger partial charge in [0.05, 0.1) is 0 Å². The van der Waals surface area contributed by atoms with Gasteiger partial charge in [-0.05, 0) is 49.7 Å². The number of amides is 1. The summed E-state index contributed by atoms with van der Waals surface area (Å²) in [6.45, 7) is 3.74. The van der Waals surface area contributed by atoms with Gasteiger partial charge in [-0.1, -0.05) is 11.6 Å². The van der Waals surface area contributed by atoms with Gasteiger partial charge in [0.2, 0.25) is 5.91 Å².